The highest BCUT2D eigenvalue weighted by Crippen LogP contribution is 2.18. The molecular weight excluding hydrogens is 386 g/mol. The van der Waals surface area contributed by atoms with E-state index < -0.39 is 0 Å². The summed E-state index contributed by atoms with van der Waals surface area (Å²) in [7, 11) is 5.45. The number of nitrogens with one attached hydrogen (secondary N) is 1. The second kappa shape index (κ2) is 14.5. The molecule has 0 atom stereocenters. The van der Waals surface area contributed by atoms with Crippen molar-refractivity contribution in [1.82, 2.24) is 5.32 Å². The van der Waals surface area contributed by atoms with Crippen LogP contribution in [0.2, 0.25) is 0 Å². The number of methoxy groups -OCH3 is 1. The monoisotopic (exact) mass is 418 g/mol. The van der Waals surface area contributed by atoms with Crippen molar-refractivity contribution in [3.8, 4) is 5.75 Å². The lowest BCUT2D eigenvalue weighted by Gasteiger charge is -2.04. The van der Waals surface area contributed by atoms with Crippen LogP contribution >= 0.6 is 21.6 Å². The van der Waals surface area contributed by atoms with Crippen LogP contribution in [-0.4, -0.2) is 38.2 Å². The van der Waals surface area contributed by atoms with Crippen LogP contribution in [0, 0.1) is 0 Å². The van der Waals surface area contributed by atoms with Crippen molar-refractivity contribution in [3.63, 3.8) is 0 Å². The molecular formula is C22H32N3OS2+. The number of aryl methyl sites for hydroxylation is 1. The average molecular weight is 419 g/mol. The van der Waals surface area contributed by atoms with Gasteiger partial charge in [0.05, 0.1) is 7.11 Å². The van der Waals surface area contributed by atoms with Crippen molar-refractivity contribution in [2.75, 3.05) is 38.2 Å². The fraction of sp³-hybridized carbons (Fsp3) is 0.409. The van der Waals surface area contributed by atoms with Gasteiger partial charge in [0.2, 0.25) is 5.69 Å². The van der Waals surface area contributed by atoms with Gasteiger partial charge in [-0.15, -0.1) is 0 Å². The van der Waals surface area contributed by atoms with E-state index in [1.54, 1.807) is 7.11 Å². The molecule has 3 N–H and O–H groups in total. The van der Waals surface area contributed by atoms with Gasteiger partial charge in [0.25, 0.3) is 0 Å². The molecule has 0 unspecified atom stereocenters. The van der Waals surface area contributed by atoms with Gasteiger partial charge >= 0.3 is 0 Å². The highest BCUT2D eigenvalue weighted by Gasteiger charge is 2.06. The van der Waals surface area contributed by atoms with Crippen molar-refractivity contribution < 1.29 is 9.30 Å². The quantitative estimate of drug-likeness (QED) is 0.277. The number of benzene rings is 1. The van der Waals surface area contributed by atoms with E-state index >= 15 is 0 Å². The van der Waals surface area contributed by atoms with Gasteiger partial charge in [-0.05, 0) is 42.8 Å². The Morgan fingerprint density at radius 3 is 2.61 bits per heavy atom. The first kappa shape index (κ1) is 22.8. The van der Waals surface area contributed by atoms with Gasteiger partial charge in [-0.1, -0.05) is 33.7 Å². The van der Waals surface area contributed by atoms with E-state index in [1.165, 1.54) is 24.1 Å². The van der Waals surface area contributed by atoms with Gasteiger partial charge in [-0.2, -0.15) is 4.57 Å². The van der Waals surface area contributed by atoms with E-state index in [0.29, 0.717) is 0 Å². The molecule has 0 fully saturated rings. The molecule has 0 bridgehead atoms. The molecule has 0 aliphatic heterocycles. The third-order valence-corrected chi connectivity index (χ3v) is 6.63. The first-order valence-electron chi connectivity index (χ1n) is 9.79. The summed E-state index contributed by atoms with van der Waals surface area (Å²) in [5, 5.41) is 3.52. The van der Waals surface area contributed by atoms with Crippen LogP contribution < -0.4 is 20.4 Å². The van der Waals surface area contributed by atoms with Crippen molar-refractivity contribution in [2.45, 2.75) is 19.4 Å². The predicted molar refractivity (Wildman–Crippen MR) is 125 cm³/mol. The third kappa shape index (κ3) is 9.15. The molecule has 0 aliphatic carbocycles. The lowest BCUT2D eigenvalue weighted by Crippen LogP contribution is -2.36. The van der Waals surface area contributed by atoms with Crippen molar-refractivity contribution >= 4 is 33.7 Å². The van der Waals surface area contributed by atoms with Crippen molar-refractivity contribution in [2.24, 2.45) is 5.73 Å². The molecule has 0 saturated heterocycles. The number of aromatic nitrogens is 1. The Hall–Kier alpha value is -1.47. The molecule has 0 aliphatic rings. The number of nitrogens with two attached hydrogens (primary N) is 1. The molecule has 1 heterocycles. The molecule has 6 heteroatoms. The summed E-state index contributed by atoms with van der Waals surface area (Å²) < 4.78 is 7.53. The fourth-order valence-electron chi connectivity index (χ4n) is 2.68. The predicted octanol–water partition coefficient (Wildman–Crippen LogP) is 3.86. The van der Waals surface area contributed by atoms with Crippen molar-refractivity contribution in [1.29, 1.82) is 0 Å². The minimum Gasteiger partial charge on any atom is -0.497 e. The summed E-state index contributed by atoms with van der Waals surface area (Å²) in [4.78, 5) is 0. The van der Waals surface area contributed by atoms with Crippen LogP contribution in [0.25, 0.3) is 12.2 Å². The van der Waals surface area contributed by atoms with E-state index in [9.17, 15) is 0 Å². The van der Waals surface area contributed by atoms with Gasteiger partial charge in [0, 0.05) is 49.2 Å². The lowest BCUT2D eigenvalue weighted by atomic mass is 10.2. The number of pyridine rings is 1. The molecule has 0 amide bonds. The van der Waals surface area contributed by atoms with Crippen molar-refractivity contribution in [3.05, 3.63) is 59.9 Å². The number of rotatable bonds is 14. The Morgan fingerprint density at radius 1 is 1.00 bits per heavy atom. The maximum Gasteiger partial charge on any atom is 0.205 e. The first-order valence-corrected chi connectivity index (χ1v) is 12.3. The Labute approximate surface area is 177 Å². The molecule has 4 nitrogen and oxygen atoms in total. The van der Waals surface area contributed by atoms with E-state index in [-0.39, 0.29) is 0 Å². The topological polar surface area (TPSA) is 51.2 Å². The van der Waals surface area contributed by atoms with Crippen LogP contribution in [-0.2, 0) is 6.54 Å². The molecule has 2 rings (SSSR count). The van der Waals surface area contributed by atoms with E-state index in [1.807, 2.05) is 33.7 Å². The number of hydrogen-bond donors (Lipinski definition) is 2. The molecule has 152 valence electrons. The molecule has 0 spiro atoms. The van der Waals surface area contributed by atoms with Crippen LogP contribution in [0.15, 0.2) is 48.7 Å². The molecule has 0 saturated carbocycles. The normalized spacial score (nSPS) is 11.2. The van der Waals surface area contributed by atoms with Gasteiger partial charge in [0.1, 0.15) is 12.3 Å². The smallest absolute Gasteiger partial charge is 0.205 e. The Bertz CT molecular complexity index is 692. The maximum absolute atomic E-state index is 5.48. The second-order valence-corrected chi connectivity index (χ2v) is 9.02. The van der Waals surface area contributed by atoms with Crippen LogP contribution in [0.5, 0.6) is 5.75 Å². The van der Waals surface area contributed by atoms with E-state index in [0.717, 1.165) is 43.4 Å². The van der Waals surface area contributed by atoms with E-state index in [2.05, 4.69) is 58.6 Å². The summed E-state index contributed by atoms with van der Waals surface area (Å²) in [6.07, 6.45) is 8.83. The molecule has 2 aromatic rings. The number of unbranched alkanes of at least 4 members (excludes halogenated alkanes) is 1. The maximum atomic E-state index is 5.48. The van der Waals surface area contributed by atoms with Gasteiger partial charge in [0.15, 0.2) is 6.20 Å². The molecule has 28 heavy (non-hydrogen) atoms. The summed E-state index contributed by atoms with van der Waals surface area (Å²) in [5.41, 5.74) is 7.87. The van der Waals surface area contributed by atoms with Gasteiger partial charge in [-0.3, -0.25) is 0 Å². The Morgan fingerprint density at radius 2 is 1.82 bits per heavy atom. The SMILES string of the molecule is COc1ccc(/C=C/c2cccc[n+]2CCCCNCCSSCCN)cc1. The zero-order valence-corrected chi connectivity index (χ0v) is 18.3. The van der Waals surface area contributed by atoms with Crippen LogP contribution in [0.1, 0.15) is 24.1 Å². The lowest BCUT2D eigenvalue weighted by molar-refractivity contribution is -0.699. The number of hydrogen-bond acceptors (Lipinski definition) is 5. The summed E-state index contributed by atoms with van der Waals surface area (Å²) in [6, 6.07) is 14.5. The zero-order chi connectivity index (χ0) is 19.9. The largest absolute Gasteiger partial charge is 0.497 e. The third-order valence-electron chi connectivity index (χ3n) is 4.19. The number of nitrogens with zero attached hydrogens (tertiary/aromatic N) is 1. The van der Waals surface area contributed by atoms with Gasteiger partial charge in [-0.25, -0.2) is 0 Å². The second-order valence-electron chi connectivity index (χ2n) is 6.32. The summed E-state index contributed by atoms with van der Waals surface area (Å²) in [5.74, 6) is 3.06. The van der Waals surface area contributed by atoms with Crippen LogP contribution in [0.4, 0.5) is 0 Å². The molecule has 1 aromatic heterocycles. The molecule has 0 radical (unpaired) electrons. The van der Waals surface area contributed by atoms with Crippen LogP contribution in [0.3, 0.4) is 0 Å². The zero-order valence-electron chi connectivity index (χ0n) is 16.7. The highest BCUT2D eigenvalue weighted by molar-refractivity contribution is 8.76. The average Bonchev–Trinajstić information content (AvgIpc) is 2.74. The minimum absolute atomic E-state index is 0.763. The Balaban J connectivity index is 1.70. The standard InChI is InChI=1S/C22H32N3OS2/c1-26-22-11-8-20(9-12-22)7-10-21-6-2-4-16-25(21)17-5-3-14-24-15-19-28-27-18-13-23/h2,4,6-12,16,24H,3,5,13-15,17-19,23H2,1H3/q+1/b10-7+. The fourth-order valence-corrected chi connectivity index (χ4v) is 4.48. The van der Waals surface area contributed by atoms with Gasteiger partial charge < -0.3 is 15.8 Å². The number of ether oxygens (including phenoxy) is 1. The minimum atomic E-state index is 0.763. The summed E-state index contributed by atoms with van der Waals surface area (Å²) in [6.45, 7) is 3.94. The Kier molecular flexibility index (Phi) is 11.8. The highest BCUT2D eigenvalue weighted by atomic mass is 33.1. The summed E-state index contributed by atoms with van der Waals surface area (Å²) >= 11 is 0. The first-order chi connectivity index (χ1) is 13.8. The van der Waals surface area contributed by atoms with E-state index in [4.69, 9.17) is 10.5 Å². The molecule has 1 aromatic carbocycles.